The molecule has 3 heterocycles. The van der Waals surface area contributed by atoms with Crippen molar-refractivity contribution in [2.24, 2.45) is 0 Å². The highest BCUT2D eigenvalue weighted by Crippen LogP contribution is 2.12. The molecule has 2 aromatic heterocycles. The summed E-state index contributed by atoms with van der Waals surface area (Å²) in [5, 5.41) is 3.25. The molecular formula is C13H20N8. The minimum absolute atomic E-state index is 0.199. The number of nitrogens with one attached hydrogen (secondary N) is 1. The Balaban J connectivity index is 1.67. The van der Waals surface area contributed by atoms with Gasteiger partial charge in [-0.05, 0) is 32.9 Å². The first-order valence-electron chi connectivity index (χ1n) is 7.20. The van der Waals surface area contributed by atoms with Gasteiger partial charge >= 0.3 is 0 Å². The highest BCUT2D eigenvalue weighted by molar-refractivity contribution is 5.35. The first-order valence-corrected chi connectivity index (χ1v) is 7.20. The second-order valence-corrected chi connectivity index (χ2v) is 5.26. The van der Waals surface area contributed by atoms with Crippen LogP contribution in [0.15, 0.2) is 18.7 Å². The first-order chi connectivity index (χ1) is 10.2. The van der Waals surface area contributed by atoms with Crippen LogP contribution in [0.1, 0.15) is 19.8 Å². The van der Waals surface area contributed by atoms with Crippen LogP contribution in [0.4, 0.5) is 11.9 Å². The van der Waals surface area contributed by atoms with Gasteiger partial charge < -0.3 is 11.1 Å². The minimum Gasteiger partial charge on any atom is -0.368 e. The van der Waals surface area contributed by atoms with E-state index in [9.17, 15) is 0 Å². The average molecular weight is 288 g/mol. The van der Waals surface area contributed by atoms with E-state index < -0.39 is 0 Å². The van der Waals surface area contributed by atoms with Crippen LogP contribution in [0.3, 0.4) is 0 Å². The molecule has 2 aromatic rings. The highest BCUT2D eigenvalue weighted by atomic mass is 15.3. The molecule has 0 spiro atoms. The molecule has 21 heavy (non-hydrogen) atoms. The number of nitrogen functional groups attached to an aromatic ring is 1. The number of aromatic nitrogens is 5. The quantitative estimate of drug-likeness (QED) is 0.828. The van der Waals surface area contributed by atoms with Crippen LogP contribution in [-0.2, 0) is 0 Å². The number of rotatable bonds is 5. The summed E-state index contributed by atoms with van der Waals surface area (Å²) in [5.41, 5.74) is 5.75. The number of hydrogen-bond donors (Lipinski definition) is 2. The summed E-state index contributed by atoms with van der Waals surface area (Å²) in [5.74, 6) is 1.17. The van der Waals surface area contributed by atoms with Gasteiger partial charge in [-0.3, -0.25) is 9.47 Å². The van der Waals surface area contributed by atoms with Crippen molar-refractivity contribution in [3.05, 3.63) is 18.7 Å². The molecule has 1 unspecified atom stereocenters. The molecule has 8 heteroatoms. The Morgan fingerprint density at radius 3 is 2.81 bits per heavy atom. The van der Waals surface area contributed by atoms with Crippen LogP contribution in [0.25, 0.3) is 5.95 Å². The normalized spacial score (nSPS) is 17.0. The average Bonchev–Trinajstić information content (AvgIpc) is 3.16. The Kier molecular flexibility index (Phi) is 3.96. The van der Waals surface area contributed by atoms with Crippen molar-refractivity contribution in [2.45, 2.75) is 25.8 Å². The van der Waals surface area contributed by atoms with E-state index >= 15 is 0 Å². The van der Waals surface area contributed by atoms with Gasteiger partial charge in [0.1, 0.15) is 6.33 Å². The molecule has 0 amide bonds. The van der Waals surface area contributed by atoms with Crippen molar-refractivity contribution < 1.29 is 0 Å². The topological polar surface area (TPSA) is 97.8 Å². The van der Waals surface area contributed by atoms with Gasteiger partial charge in [-0.2, -0.15) is 15.0 Å². The van der Waals surface area contributed by atoms with E-state index in [0.717, 1.165) is 6.54 Å². The number of likely N-dealkylation sites (tertiary alicyclic amines) is 1. The second kappa shape index (κ2) is 6.04. The lowest BCUT2D eigenvalue weighted by Crippen LogP contribution is -2.35. The van der Waals surface area contributed by atoms with Gasteiger partial charge in [-0.1, -0.05) is 0 Å². The number of anilines is 2. The molecule has 1 fully saturated rings. The maximum Gasteiger partial charge on any atom is 0.241 e. The monoisotopic (exact) mass is 288 g/mol. The van der Waals surface area contributed by atoms with Crippen molar-refractivity contribution in [1.82, 2.24) is 29.4 Å². The fourth-order valence-electron chi connectivity index (χ4n) is 2.50. The van der Waals surface area contributed by atoms with Gasteiger partial charge in [0.05, 0.1) is 0 Å². The zero-order chi connectivity index (χ0) is 14.7. The standard InChI is InChI=1S/C13H20N8/c1-10(20-5-2-3-6-20)8-16-12-17-11(14)18-13(19-12)21-7-4-15-9-21/h4,7,9-10H,2-3,5-6,8H2,1H3,(H3,14,16,17,18,19). The van der Waals surface area contributed by atoms with Gasteiger partial charge in [-0.15, -0.1) is 0 Å². The van der Waals surface area contributed by atoms with Crippen LogP contribution in [-0.4, -0.2) is 55.1 Å². The predicted molar refractivity (Wildman–Crippen MR) is 80.1 cm³/mol. The van der Waals surface area contributed by atoms with Crippen molar-refractivity contribution in [3.63, 3.8) is 0 Å². The molecule has 0 bridgehead atoms. The Morgan fingerprint density at radius 2 is 2.10 bits per heavy atom. The third-order valence-corrected chi connectivity index (χ3v) is 3.70. The van der Waals surface area contributed by atoms with Gasteiger partial charge in [0.15, 0.2) is 0 Å². The van der Waals surface area contributed by atoms with Crippen LogP contribution >= 0.6 is 0 Å². The van der Waals surface area contributed by atoms with Gasteiger partial charge in [0.25, 0.3) is 0 Å². The van der Waals surface area contributed by atoms with E-state index in [1.807, 2.05) is 0 Å². The first kappa shape index (κ1) is 13.7. The lowest BCUT2D eigenvalue weighted by atomic mass is 10.3. The van der Waals surface area contributed by atoms with E-state index in [1.54, 1.807) is 23.3 Å². The summed E-state index contributed by atoms with van der Waals surface area (Å²) >= 11 is 0. The van der Waals surface area contributed by atoms with Crippen molar-refractivity contribution in [3.8, 4) is 5.95 Å². The number of hydrogen-bond acceptors (Lipinski definition) is 7. The van der Waals surface area contributed by atoms with Crippen molar-refractivity contribution >= 4 is 11.9 Å². The van der Waals surface area contributed by atoms with Crippen LogP contribution < -0.4 is 11.1 Å². The molecular weight excluding hydrogens is 268 g/mol. The van der Waals surface area contributed by atoms with E-state index in [0.29, 0.717) is 17.9 Å². The molecule has 0 aromatic carbocycles. The lowest BCUT2D eigenvalue weighted by Gasteiger charge is -2.23. The maximum absolute atomic E-state index is 5.75. The summed E-state index contributed by atoms with van der Waals surface area (Å²) in [4.78, 5) is 19.1. The number of imidazole rings is 1. The molecule has 1 saturated heterocycles. The lowest BCUT2D eigenvalue weighted by molar-refractivity contribution is 0.269. The van der Waals surface area contributed by atoms with E-state index in [4.69, 9.17) is 5.73 Å². The Hall–Kier alpha value is -2.22. The van der Waals surface area contributed by atoms with Crippen molar-refractivity contribution in [2.75, 3.05) is 30.7 Å². The van der Waals surface area contributed by atoms with Crippen molar-refractivity contribution in [1.29, 1.82) is 0 Å². The molecule has 0 aliphatic carbocycles. The fourth-order valence-corrected chi connectivity index (χ4v) is 2.50. The largest absolute Gasteiger partial charge is 0.368 e. The smallest absolute Gasteiger partial charge is 0.241 e. The third kappa shape index (κ3) is 3.27. The van der Waals surface area contributed by atoms with Gasteiger partial charge in [0, 0.05) is 25.0 Å². The molecule has 0 radical (unpaired) electrons. The summed E-state index contributed by atoms with van der Waals surface area (Å²) in [7, 11) is 0. The summed E-state index contributed by atoms with van der Waals surface area (Å²) in [6, 6.07) is 0.446. The van der Waals surface area contributed by atoms with E-state index in [1.165, 1.54) is 25.9 Å². The van der Waals surface area contributed by atoms with Crippen LogP contribution in [0, 0.1) is 0 Å². The summed E-state index contributed by atoms with van der Waals surface area (Å²) < 4.78 is 1.70. The molecule has 1 aliphatic rings. The molecule has 112 valence electrons. The Bertz CT molecular complexity index is 576. The van der Waals surface area contributed by atoms with Crippen LogP contribution in [0.5, 0.6) is 0 Å². The highest BCUT2D eigenvalue weighted by Gasteiger charge is 2.18. The third-order valence-electron chi connectivity index (χ3n) is 3.70. The fraction of sp³-hybridized carbons (Fsp3) is 0.538. The zero-order valence-corrected chi connectivity index (χ0v) is 12.1. The second-order valence-electron chi connectivity index (χ2n) is 5.26. The zero-order valence-electron chi connectivity index (χ0n) is 12.1. The molecule has 0 saturated carbocycles. The number of nitrogens with two attached hydrogens (primary N) is 1. The summed E-state index contributed by atoms with van der Waals surface area (Å²) in [6.45, 7) is 5.33. The SMILES string of the molecule is CC(CNc1nc(N)nc(-n2ccnc2)n1)N1CCCC1. The minimum atomic E-state index is 0.199. The molecule has 3 rings (SSSR count). The molecule has 1 atom stereocenters. The number of nitrogens with zero attached hydrogens (tertiary/aromatic N) is 6. The van der Waals surface area contributed by atoms with E-state index in [-0.39, 0.29) is 5.95 Å². The summed E-state index contributed by atoms with van der Waals surface area (Å²) in [6.07, 6.45) is 7.64. The van der Waals surface area contributed by atoms with Gasteiger partial charge in [0.2, 0.25) is 17.8 Å². The Labute approximate surface area is 123 Å². The predicted octanol–water partition coefficient (Wildman–Crippen LogP) is 0.536. The molecule has 1 aliphatic heterocycles. The van der Waals surface area contributed by atoms with Crippen LogP contribution in [0.2, 0.25) is 0 Å². The maximum atomic E-state index is 5.75. The molecule has 8 nitrogen and oxygen atoms in total. The molecule has 3 N–H and O–H groups in total. The Morgan fingerprint density at radius 1 is 1.29 bits per heavy atom. The van der Waals surface area contributed by atoms with Gasteiger partial charge in [-0.25, -0.2) is 4.98 Å². The van der Waals surface area contributed by atoms with E-state index in [2.05, 4.69) is 37.1 Å².